The first-order chi connectivity index (χ1) is 32.4. The molecule has 2 aliphatic carbocycles. The van der Waals surface area contributed by atoms with Crippen molar-refractivity contribution in [1.29, 1.82) is 0 Å². The summed E-state index contributed by atoms with van der Waals surface area (Å²) in [5, 5.41) is 8.89. The number of aromatic amines is 2. The molecule has 2 N–H and O–H groups in total. The van der Waals surface area contributed by atoms with Crippen LogP contribution in [-0.2, 0) is 17.1 Å². The summed E-state index contributed by atoms with van der Waals surface area (Å²) in [6.45, 7) is 6.36. The summed E-state index contributed by atoms with van der Waals surface area (Å²) in [4.78, 5) is 18.6. The van der Waals surface area contributed by atoms with Gasteiger partial charge in [0.05, 0.1) is 40.4 Å². The monoisotopic (exact) mass is 907 g/mol. The molecule has 8 aromatic rings. The number of hydrogen-bond acceptors (Lipinski definition) is 4. The molecule has 4 aromatic heterocycles. The normalized spacial score (nSPS) is 14.3. The number of fused-ring (bicyclic) bond motifs is 8. The average molecular weight is 908 g/mol. The summed E-state index contributed by atoms with van der Waals surface area (Å²) in [6.07, 6.45) is 28.6. The molecule has 2 saturated carbocycles. The van der Waals surface area contributed by atoms with Crippen molar-refractivity contribution < 1.29 is 17.1 Å². The van der Waals surface area contributed by atoms with Gasteiger partial charge in [-0.05, 0) is 162 Å². The van der Waals surface area contributed by atoms with Gasteiger partial charge in [0.1, 0.15) is 0 Å². The van der Waals surface area contributed by atoms with Gasteiger partial charge in [-0.25, -0.2) is 14.6 Å². The van der Waals surface area contributed by atoms with Gasteiger partial charge < -0.3 is 9.97 Å². The molecule has 67 heavy (non-hydrogen) atoms. The summed E-state index contributed by atoms with van der Waals surface area (Å²) < 4.78 is 1.82. The third kappa shape index (κ3) is 9.04. The van der Waals surface area contributed by atoms with Crippen LogP contribution in [0, 0.1) is 84.5 Å². The maximum absolute atomic E-state index is 5.48. The van der Waals surface area contributed by atoms with Crippen molar-refractivity contribution in [3.8, 4) is 50.2 Å². The third-order valence-electron chi connectivity index (χ3n) is 12.2. The first kappa shape index (κ1) is 44.0. The van der Waals surface area contributed by atoms with Crippen molar-refractivity contribution >= 4 is 46.4 Å². The van der Waals surface area contributed by atoms with Gasteiger partial charge in [-0.2, -0.15) is 0 Å². The number of nitrogens with zero attached hydrogens (tertiary/aromatic N) is 5. The number of aromatic nitrogens is 7. The summed E-state index contributed by atoms with van der Waals surface area (Å²) in [5.74, 6) is 1.04. The molecule has 12 rings (SSSR count). The van der Waals surface area contributed by atoms with Crippen LogP contribution in [0.25, 0.3) is 96.6 Å². The Morgan fingerprint density at radius 3 is 1.06 bits per heavy atom. The largest absolute Gasteiger partial charge is 2.00 e. The summed E-state index contributed by atoms with van der Waals surface area (Å²) in [5.41, 5.74) is 21.0. The number of hydrogen-bond donors (Lipinski definition) is 2. The summed E-state index contributed by atoms with van der Waals surface area (Å²) in [6, 6.07) is 43.2. The molecule has 0 spiro atoms. The van der Waals surface area contributed by atoms with Gasteiger partial charge in [-0.1, -0.05) is 107 Å². The van der Waals surface area contributed by atoms with Gasteiger partial charge in [-0.15, -0.1) is 5.10 Å². The minimum absolute atomic E-state index is 0. The van der Waals surface area contributed by atoms with Crippen LogP contribution in [0.2, 0.25) is 0 Å². The molecular formula is C59H45FeN7+2. The van der Waals surface area contributed by atoms with Crippen LogP contribution in [-0.4, -0.2) is 34.9 Å². The van der Waals surface area contributed by atoms with Gasteiger partial charge in [-0.3, -0.25) is 0 Å². The molecule has 0 atom stereocenters. The van der Waals surface area contributed by atoms with Gasteiger partial charge >= 0.3 is 17.1 Å². The van der Waals surface area contributed by atoms with E-state index < -0.39 is 0 Å². The van der Waals surface area contributed by atoms with E-state index in [1.807, 2.05) is 68.7 Å². The fourth-order valence-corrected chi connectivity index (χ4v) is 8.75. The molecular weight excluding hydrogens is 863 g/mol. The summed E-state index contributed by atoms with van der Waals surface area (Å²) >= 11 is 0. The topological polar surface area (TPSA) is 88.1 Å². The van der Waals surface area contributed by atoms with Crippen LogP contribution >= 0.6 is 0 Å². The van der Waals surface area contributed by atoms with Crippen LogP contribution in [0.4, 0.5) is 0 Å². The van der Waals surface area contributed by atoms with Gasteiger partial charge in [0.25, 0.3) is 0 Å². The van der Waals surface area contributed by atoms with Crippen LogP contribution in [0.5, 0.6) is 0 Å². The molecule has 322 valence electrons. The fourth-order valence-electron chi connectivity index (χ4n) is 8.75. The van der Waals surface area contributed by atoms with Crippen molar-refractivity contribution in [3.05, 3.63) is 236 Å². The van der Waals surface area contributed by atoms with Crippen molar-refractivity contribution in [2.45, 2.75) is 20.8 Å². The van der Waals surface area contributed by atoms with E-state index in [4.69, 9.17) is 9.97 Å². The Morgan fingerprint density at radius 2 is 0.716 bits per heavy atom. The molecule has 0 saturated heterocycles. The Labute approximate surface area is 403 Å². The standard InChI is InChI=1S/C54H40N7.C5H5.Fe/c1-33-8-14-37(15-9-33)51-42-24-26-44(55-42)52(38-16-10-34(2)11-17-38)46-28-30-48(57-46)54(40-20-22-41(23-21-40)61-32-50(59-60-61)36-6-4-5-7-36)49-31-29-47(58-49)53(45-27-25-43(51)56-45)39-18-12-35(3)13-19-39;1-2-4-5-3-1;/h4-32,55,58H,1-3H3;1-5H;/q;;+2. The average Bonchev–Trinajstić information content (AvgIpc) is 4.19. The molecule has 0 amide bonds. The molecule has 4 aromatic carbocycles. The Bertz CT molecular complexity index is 3230. The number of aryl methyl sites for hydroxylation is 3. The van der Waals surface area contributed by atoms with Crippen molar-refractivity contribution in [2.24, 2.45) is 0 Å². The third-order valence-corrected chi connectivity index (χ3v) is 12.2. The van der Waals surface area contributed by atoms with Crippen LogP contribution in [0.1, 0.15) is 45.2 Å². The zero-order valence-electron chi connectivity index (χ0n) is 37.2. The predicted molar refractivity (Wildman–Crippen MR) is 271 cm³/mol. The molecule has 8 bridgehead atoms. The predicted octanol–water partition coefficient (Wildman–Crippen LogP) is 13.6. The summed E-state index contributed by atoms with van der Waals surface area (Å²) in [7, 11) is 0. The van der Waals surface area contributed by atoms with Gasteiger partial charge in [0.15, 0.2) is 0 Å². The van der Waals surface area contributed by atoms with Gasteiger partial charge in [0.2, 0.25) is 0 Å². The fraction of sp³-hybridized carbons (Fsp3) is 0.0508. The van der Waals surface area contributed by atoms with Crippen molar-refractivity contribution in [2.75, 3.05) is 0 Å². The Morgan fingerprint density at radius 1 is 0.388 bits per heavy atom. The van der Waals surface area contributed by atoms with Crippen molar-refractivity contribution in [1.82, 2.24) is 34.9 Å². The van der Waals surface area contributed by atoms with E-state index in [1.165, 1.54) is 16.7 Å². The molecule has 10 radical (unpaired) electrons. The minimum atomic E-state index is 0. The van der Waals surface area contributed by atoms with Gasteiger partial charge in [0, 0.05) is 50.2 Å². The molecule has 2 aliphatic heterocycles. The number of benzene rings is 4. The van der Waals surface area contributed by atoms with Crippen LogP contribution < -0.4 is 0 Å². The Balaban J connectivity index is 0.000000823. The molecule has 6 heterocycles. The van der Waals surface area contributed by atoms with E-state index in [0.29, 0.717) is 0 Å². The number of rotatable bonds is 6. The van der Waals surface area contributed by atoms with Crippen LogP contribution in [0.3, 0.4) is 0 Å². The molecule has 2 fully saturated rings. The first-order valence-electron chi connectivity index (χ1n) is 22.2. The molecule has 4 aliphatic rings. The molecule has 7 nitrogen and oxygen atoms in total. The quantitative estimate of drug-likeness (QED) is 0.163. The Hall–Kier alpha value is -6.86. The number of H-pyrrole nitrogens is 2. The minimum Gasteiger partial charge on any atom is -0.354 e. The van der Waals surface area contributed by atoms with Crippen LogP contribution in [0.15, 0.2) is 128 Å². The molecule has 8 heteroatoms. The Kier molecular flexibility index (Phi) is 12.6. The first-order valence-corrected chi connectivity index (χ1v) is 22.2. The smallest absolute Gasteiger partial charge is 0.354 e. The second-order valence-corrected chi connectivity index (χ2v) is 16.8. The number of nitrogens with one attached hydrogen (secondary N) is 2. The van der Waals surface area contributed by atoms with E-state index >= 15 is 0 Å². The molecule has 0 unspecified atom stereocenters. The zero-order chi connectivity index (χ0) is 44.6. The van der Waals surface area contributed by atoms with E-state index in [0.717, 1.165) is 107 Å². The second kappa shape index (κ2) is 19.2. The van der Waals surface area contributed by atoms with Crippen molar-refractivity contribution in [3.63, 3.8) is 0 Å². The maximum atomic E-state index is 5.48. The van der Waals surface area contributed by atoms with E-state index in [2.05, 4.69) is 187 Å². The van der Waals surface area contributed by atoms with E-state index in [1.54, 1.807) is 0 Å². The maximum Gasteiger partial charge on any atom is 2.00 e. The van der Waals surface area contributed by atoms with E-state index in [9.17, 15) is 0 Å². The van der Waals surface area contributed by atoms with E-state index in [-0.39, 0.29) is 17.1 Å². The SMILES string of the molecule is Cc1ccc(-c2c3nc(c(-c4ccc(C)cc4)c4ccc([nH]4)c(-c4ccc(-n5cc([C]6[CH][CH][CH][CH]6)nn5)cc4)c4nc(c(-c5ccc(C)cc5)c5ccc2[nH]5)C=C4)C=C3)cc1.[CH]1[CH][CH][CH][CH]1.[Fe+2]. The zero-order valence-corrected chi connectivity index (χ0v) is 38.3. The second-order valence-electron chi connectivity index (χ2n) is 16.8.